The summed E-state index contributed by atoms with van der Waals surface area (Å²) in [6.45, 7) is 2.54. The average Bonchev–Trinajstić information content (AvgIpc) is 3.44. The zero-order valence-corrected chi connectivity index (χ0v) is 20.4. The number of likely N-dealkylation sites (N-methyl/N-ethyl adjacent to an activating group) is 1. The van der Waals surface area contributed by atoms with Crippen molar-refractivity contribution in [3.63, 3.8) is 0 Å². The number of thiazole rings is 1. The molecule has 1 aromatic carbocycles. The molecule has 172 valence electrons. The van der Waals surface area contributed by atoms with Gasteiger partial charge in [0.05, 0.1) is 17.5 Å². The number of carbonyl (C=O) groups excluding carboxylic acids is 2. The number of anilines is 2. The number of fused-ring (bicyclic) bond motifs is 2. The standard InChI is InChI=1S/C21H26ClN5O3S2/c1-26-8-7-21(12-26)13-27(16-6-5-14(22)10-15(16)21)20(29)24-19-23-11-18(32-19)31-9-3-4-17(28)25-30-2/h5-6,10-11H,3-4,7-9,12-13H2,1-2H3,(H,25,28)(H,23,24,29). The summed E-state index contributed by atoms with van der Waals surface area (Å²) in [5.74, 6) is 0.645. The van der Waals surface area contributed by atoms with Crippen LogP contribution in [0.5, 0.6) is 0 Å². The van der Waals surface area contributed by atoms with Crippen LogP contribution in [0.15, 0.2) is 28.6 Å². The monoisotopic (exact) mass is 495 g/mol. The molecule has 1 unspecified atom stereocenters. The topological polar surface area (TPSA) is 86.8 Å². The molecule has 1 atom stereocenters. The molecule has 0 aliphatic carbocycles. The van der Waals surface area contributed by atoms with E-state index in [2.05, 4.69) is 32.6 Å². The van der Waals surface area contributed by atoms with Crippen molar-refractivity contribution in [2.45, 2.75) is 28.9 Å². The number of nitrogens with zero attached hydrogens (tertiary/aromatic N) is 3. The van der Waals surface area contributed by atoms with Crippen LogP contribution in [0.25, 0.3) is 0 Å². The van der Waals surface area contributed by atoms with Gasteiger partial charge in [0, 0.05) is 35.6 Å². The molecule has 2 N–H and O–H groups in total. The fourth-order valence-corrected chi connectivity index (χ4v) is 6.42. The van der Waals surface area contributed by atoms with E-state index in [-0.39, 0.29) is 17.4 Å². The first-order valence-corrected chi connectivity index (χ1v) is 12.6. The Kier molecular flexibility index (Phi) is 7.26. The predicted octanol–water partition coefficient (Wildman–Crippen LogP) is 3.97. The number of hydroxylamine groups is 1. The molecule has 0 saturated carbocycles. The van der Waals surface area contributed by atoms with Crippen molar-refractivity contribution in [2.24, 2.45) is 0 Å². The number of halogens is 1. The maximum Gasteiger partial charge on any atom is 0.328 e. The maximum atomic E-state index is 13.2. The minimum Gasteiger partial charge on any atom is -0.305 e. The molecule has 1 aromatic heterocycles. The lowest BCUT2D eigenvalue weighted by Crippen LogP contribution is -2.40. The van der Waals surface area contributed by atoms with Gasteiger partial charge in [-0.3, -0.25) is 19.8 Å². The van der Waals surface area contributed by atoms with Crippen LogP contribution in [0.4, 0.5) is 15.6 Å². The fraction of sp³-hybridized carbons (Fsp3) is 0.476. The highest BCUT2D eigenvalue weighted by atomic mass is 35.5. The van der Waals surface area contributed by atoms with Gasteiger partial charge in [-0.15, -0.1) is 11.8 Å². The third-order valence-electron chi connectivity index (χ3n) is 5.78. The highest BCUT2D eigenvalue weighted by Crippen LogP contribution is 2.47. The molecule has 2 aliphatic rings. The second-order valence-corrected chi connectivity index (χ2v) is 11.0. The third-order valence-corrected chi connectivity index (χ3v) is 8.21. The van der Waals surface area contributed by atoms with Crippen molar-refractivity contribution in [1.29, 1.82) is 0 Å². The number of carbonyl (C=O) groups is 2. The maximum absolute atomic E-state index is 13.2. The van der Waals surface area contributed by atoms with Gasteiger partial charge in [0.1, 0.15) is 0 Å². The molecule has 3 amide bonds. The van der Waals surface area contributed by atoms with Crippen molar-refractivity contribution in [3.8, 4) is 0 Å². The normalized spacial score (nSPS) is 20.0. The van der Waals surface area contributed by atoms with Gasteiger partial charge in [0.15, 0.2) is 5.13 Å². The number of hydrogen-bond donors (Lipinski definition) is 2. The van der Waals surface area contributed by atoms with Crippen LogP contribution in [-0.2, 0) is 15.0 Å². The van der Waals surface area contributed by atoms with E-state index in [0.717, 1.165) is 47.1 Å². The molecule has 1 saturated heterocycles. The zero-order chi connectivity index (χ0) is 22.7. The van der Waals surface area contributed by atoms with E-state index in [0.29, 0.717) is 23.1 Å². The average molecular weight is 496 g/mol. The summed E-state index contributed by atoms with van der Waals surface area (Å²) in [6, 6.07) is 5.60. The Hall–Kier alpha value is -1.85. The molecule has 11 heteroatoms. The lowest BCUT2D eigenvalue weighted by molar-refractivity contribution is -0.131. The SMILES string of the molecule is CONC(=O)CCCSc1cnc(NC(=O)N2CC3(CCN(C)C3)c3cc(Cl)ccc32)s1. The Morgan fingerprint density at radius 3 is 2.97 bits per heavy atom. The number of aromatic nitrogens is 1. The minimum absolute atomic E-state index is 0.0781. The molecular weight excluding hydrogens is 470 g/mol. The summed E-state index contributed by atoms with van der Waals surface area (Å²) in [7, 11) is 3.53. The van der Waals surface area contributed by atoms with Gasteiger partial charge < -0.3 is 4.90 Å². The minimum atomic E-state index is -0.179. The third kappa shape index (κ3) is 5.04. The van der Waals surface area contributed by atoms with E-state index in [4.69, 9.17) is 11.6 Å². The molecule has 0 bridgehead atoms. The van der Waals surface area contributed by atoms with Crippen molar-refractivity contribution in [1.82, 2.24) is 15.4 Å². The summed E-state index contributed by atoms with van der Waals surface area (Å²) in [6.07, 6.45) is 3.88. The van der Waals surface area contributed by atoms with E-state index in [1.807, 2.05) is 23.1 Å². The summed E-state index contributed by atoms with van der Waals surface area (Å²) in [5.41, 5.74) is 4.30. The Labute approximate surface area is 200 Å². The second kappa shape index (κ2) is 9.96. The number of hydrogen-bond acceptors (Lipinski definition) is 7. The quantitative estimate of drug-likeness (QED) is 0.343. The van der Waals surface area contributed by atoms with Crippen molar-refractivity contribution < 1.29 is 14.4 Å². The Balaban J connectivity index is 1.37. The molecule has 3 heterocycles. The smallest absolute Gasteiger partial charge is 0.305 e. The lowest BCUT2D eigenvalue weighted by atomic mass is 9.81. The number of likely N-dealkylation sites (tertiary alicyclic amines) is 1. The largest absolute Gasteiger partial charge is 0.328 e. The zero-order valence-electron chi connectivity index (χ0n) is 18.0. The van der Waals surface area contributed by atoms with Gasteiger partial charge in [0.2, 0.25) is 5.91 Å². The number of amides is 3. The first kappa shape index (κ1) is 23.3. The Morgan fingerprint density at radius 2 is 2.22 bits per heavy atom. The molecule has 2 aliphatic heterocycles. The van der Waals surface area contributed by atoms with Crippen LogP contribution >= 0.6 is 34.7 Å². The van der Waals surface area contributed by atoms with E-state index in [1.54, 1.807) is 18.0 Å². The number of nitrogens with one attached hydrogen (secondary N) is 2. The fourth-order valence-electron chi connectivity index (χ4n) is 4.36. The van der Waals surface area contributed by atoms with Crippen LogP contribution in [0, 0.1) is 0 Å². The first-order valence-electron chi connectivity index (χ1n) is 10.4. The number of thioether (sulfide) groups is 1. The van der Waals surface area contributed by atoms with E-state index < -0.39 is 0 Å². The van der Waals surface area contributed by atoms with Crippen LogP contribution < -0.4 is 15.7 Å². The number of rotatable bonds is 7. The Morgan fingerprint density at radius 1 is 1.38 bits per heavy atom. The van der Waals surface area contributed by atoms with Gasteiger partial charge in [-0.25, -0.2) is 15.3 Å². The summed E-state index contributed by atoms with van der Waals surface area (Å²) >= 11 is 9.35. The van der Waals surface area contributed by atoms with Crippen LogP contribution in [0.1, 0.15) is 24.8 Å². The van der Waals surface area contributed by atoms with Crippen LogP contribution in [-0.4, -0.2) is 61.4 Å². The van der Waals surface area contributed by atoms with Gasteiger partial charge in [0.25, 0.3) is 0 Å². The molecule has 1 spiro atoms. The summed E-state index contributed by atoms with van der Waals surface area (Å²) in [5, 5.41) is 4.22. The van der Waals surface area contributed by atoms with Gasteiger partial charge in [-0.05, 0) is 55.9 Å². The van der Waals surface area contributed by atoms with Crippen molar-refractivity contribution in [3.05, 3.63) is 35.0 Å². The van der Waals surface area contributed by atoms with Gasteiger partial charge in [-0.1, -0.05) is 22.9 Å². The van der Waals surface area contributed by atoms with E-state index in [9.17, 15) is 9.59 Å². The Bertz CT molecular complexity index is 1000. The van der Waals surface area contributed by atoms with Gasteiger partial charge in [-0.2, -0.15) is 0 Å². The van der Waals surface area contributed by atoms with Crippen LogP contribution in [0.3, 0.4) is 0 Å². The second-order valence-electron chi connectivity index (χ2n) is 8.11. The molecular formula is C21H26ClN5O3S2. The molecule has 1 fully saturated rings. The van der Waals surface area contributed by atoms with Crippen molar-refractivity contribution >= 4 is 57.5 Å². The van der Waals surface area contributed by atoms with Crippen LogP contribution in [0.2, 0.25) is 5.02 Å². The predicted molar refractivity (Wildman–Crippen MR) is 129 cm³/mol. The number of urea groups is 1. The number of benzene rings is 1. The van der Waals surface area contributed by atoms with Gasteiger partial charge >= 0.3 is 6.03 Å². The molecule has 4 rings (SSSR count). The lowest BCUT2D eigenvalue weighted by Gasteiger charge is -2.25. The molecule has 2 aromatic rings. The summed E-state index contributed by atoms with van der Waals surface area (Å²) in [4.78, 5) is 37.6. The molecule has 0 radical (unpaired) electrons. The first-order chi connectivity index (χ1) is 15.4. The van der Waals surface area contributed by atoms with Crippen molar-refractivity contribution in [2.75, 3.05) is 49.8 Å². The molecule has 8 nitrogen and oxygen atoms in total. The van der Waals surface area contributed by atoms with E-state index in [1.165, 1.54) is 18.4 Å². The molecule has 32 heavy (non-hydrogen) atoms. The highest BCUT2D eigenvalue weighted by molar-refractivity contribution is 8.01. The summed E-state index contributed by atoms with van der Waals surface area (Å²) < 4.78 is 0.995. The highest BCUT2D eigenvalue weighted by Gasteiger charge is 2.48. The van der Waals surface area contributed by atoms with E-state index >= 15 is 0 Å².